The van der Waals surface area contributed by atoms with Crippen molar-refractivity contribution in [2.24, 2.45) is 5.41 Å². The zero-order valence-corrected chi connectivity index (χ0v) is 12.1. The summed E-state index contributed by atoms with van der Waals surface area (Å²) in [7, 11) is 0. The number of hydrogen-bond acceptors (Lipinski definition) is 3. The van der Waals surface area contributed by atoms with Crippen LogP contribution in [-0.2, 0) is 11.3 Å². The molecule has 1 aromatic rings. The third-order valence-corrected chi connectivity index (χ3v) is 4.44. The van der Waals surface area contributed by atoms with E-state index in [0.717, 1.165) is 43.6 Å². The molecule has 1 aliphatic heterocycles. The molecule has 0 amide bonds. The standard InChI is InChI=1S/C14H20BrNO2/c15-13-4-2-1-3-12(13)9-16-10-14(11-17)5-7-18-8-6-14/h1-4,16-17H,5-11H2. The first kappa shape index (κ1) is 14.0. The highest BCUT2D eigenvalue weighted by atomic mass is 79.9. The van der Waals surface area contributed by atoms with Gasteiger partial charge >= 0.3 is 0 Å². The van der Waals surface area contributed by atoms with Gasteiger partial charge in [-0.3, -0.25) is 0 Å². The summed E-state index contributed by atoms with van der Waals surface area (Å²) in [5, 5.41) is 13.0. The van der Waals surface area contributed by atoms with Crippen molar-refractivity contribution in [1.29, 1.82) is 0 Å². The summed E-state index contributed by atoms with van der Waals surface area (Å²) >= 11 is 3.54. The van der Waals surface area contributed by atoms with Gasteiger partial charge in [-0.15, -0.1) is 0 Å². The van der Waals surface area contributed by atoms with Gasteiger partial charge in [-0.25, -0.2) is 0 Å². The molecule has 3 nitrogen and oxygen atoms in total. The number of aliphatic hydroxyl groups excluding tert-OH is 1. The summed E-state index contributed by atoms with van der Waals surface area (Å²) in [5.41, 5.74) is 1.25. The molecular formula is C14H20BrNO2. The molecule has 0 unspecified atom stereocenters. The van der Waals surface area contributed by atoms with Crippen LogP contribution in [0.15, 0.2) is 28.7 Å². The fourth-order valence-corrected chi connectivity index (χ4v) is 2.72. The highest BCUT2D eigenvalue weighted by Crippen LogP contribution is 2.29. The number of ether oxygens (including phenoxy) is 1. The smallest absolute Gasteiger partial charge is 0.0501 e. The lowest BCUT2D eigenvalue weighted by Gasteiger charge is -2.35. The van der Waals surface area contributed by atoms with E-state index in [2.05, 4.69) is 27.3 Å². The minimum atomic E-state index is -0.000490. The van der Waals surface area contributed by atoms with Crippen molar-refractivity contribution in [2.75, 3.05) is 26.4 Å². The largest absolute Gasteiger partial charge is 0.396 e. The number of aliphatic hydroxyl groups is 1. The minimum absolute atomic E-state index is 0.000490. The molecule has 0 saturated carbocycles. The maximum Gasteiger partial charge on any atom is 0.0501 e. The summed E-state index contributed by atoms with van der Waals surface area (Å²) in [4.78, 5) is 0. The highest BCUT2D eigenvalue weighted by molar-refractivity contribution is 9.10. The number of nitrogens with one attached hydrogen (secondary N) is 1. The van der Waals surface area contributed by atoms with Crippen LogP contribution < -0.4 is 5.32 Å². The molecule has 1 heterocycles. The van der Waals surface area contributed by atoms with Crippen LogP contribution in [0.1, 0.15) is 18.4 Å². The van der Waals surface area contributed by atoms with Gasteiger partial charge in [-0.05, 0) is 24.5 Å². The van der Waals surface area contributed by atoms with E-state index in [0.29, 0.717) is 0 Å². The van der Waals surface area contributed by atoms with Gasteiger partial charge in [-0.2, -0.15) is 0 Å². The Kier molecular flexibility index (Phi) is 5.18. The third-order valence-electron chi connectivity index (χ3n) is 3.66. The van der Waals surface area contributed by atoms with Crippen molar-refractivity contribution in [1.82, 2.24) is 5.32 Å². The van der Waals surface area contributed by atoms with Gasteiger partial charge in [0.2, 0.25) is 0 Å². The Morgan fingerprint density at radius 1 is 1.28 bits per heavy atom. The Morgan fingerprint density at radius 3 is 2.67 bits per heavy atom. The van der Waals surface area contributed by atoms with Crippen molar-refractivity contribution < 1.29 is 9.84 Å². The normalized spacial score (nSPS) is 18.8. The predicted molar refractivity (Wildman–Crippen MR) is 75.4 cm³/mol. The van der Waals surface area contributed by atoms with Gasteiger partial charge < -0.3 is 15.2 Å². The van der Waals surface area contributed by atoms with E-state index >= 15 is 0 Å². The Labute approximate surface area is 117 Å². The molecule has 0 spiro atoms. The maximum atomic E-state index is 9.59. The van der Waals surface area contributed by atoms with Crippen LogP contribution in [-0.4, -0.2) is 31.5 Å². The molecule has 1 fully saturated rings. The van der Waals surface area contributed by atoms with Gasteiger partial charge in [0, 0.05) is 36.2 Å². The molecule has 0 radical (unpaired) electrons. The molecule has 18 heavy (non-hydrogen) atoms. The maximum absolute atomic E-state index is 9.59. The number of benzene rings is 1. The van der Waals surface area contributed by atoms with Crippen LogP contribution in [0.5, 0.6) is 0 Å². The van der Waals surface area contributed by atoms with E-state index in [9.17, 15) is 5.11 Å². The van der Waals surface area contributed by atoms with Crippen molar-refractivity contribution >= 4 is 15.9 Å². The SMILES string of the molecule is OCC1(CNCc2ccccc2Br)CCOCC1. The number of rotatable bonds is 5. The van der Waals surface area contributed by atoms with Crippen LogP contribution in [0, 0.1) is 5.41 Å². The van der Waals surface area contributed by atoms with E-state index < -0.39 is 0 Å². The zero-order chi connectivity index (χ0) is 12.8. The van der Waals surface area contributed by atoms with E-state index in [1.165, 1.54) is 5.56 Å². The summed E-state index contributed by atoms with van der Waals surface area (Å²) in [6.07, 6.45) is 1.87. The minimum Gasteiger partial charge on any atom is -0.396 e. The topological polar surface area (TPSA) is 41.5 Å². The zero-order valence-electron chi connectivity index (χ0n) is 10.5. The first-order chi connectivity index (χ1) is 8.76. The molecule has 0 aromatic heterocycles. The Balaban J connectivity index is 1.85. The van der Waals surface area contributed by atoms with Gasteiger partial charge in [0.25, 0.3) is 0 Å². The van der Waals surface area contributed by atoms with E-state index in [4.69, 9.17) is 4.74 Å². The van der Waals surface area contributed by atoms with Gasteiger partial charge in [0.15, 0.2) is 0 Å². The van der Waals surface area contributed by atoms with Crippen molar-refractivity contribution in [2.45, 2.75) is 19.4 Å². The van der Waals surface area contributed by atoms with Crippen LogP contribution in [0.2, 0.25) is 0 Å². The molecule has 0 aliphatic carbocycles. The van der Waals surface area contributed by atoms with Gasteiger partial charge in [0.05, 0.1) is 6.61 Å². The third kappa shape index (κ3) is 3.54. The molecule has 100 valence electrons. The average molecular weight is 314 g/mol. The Morgan fingerprint density at radius 2 is 2.00 bits per heavy atom. The van der Waals surface area contributed by atoms with Crippen molar-refractivity contribution in [3.63, 3.8) is 0 Å². The molecule has 1 saturated heterocycles. The summed E-state index contributed by atoms with van der Waals surface area (Å²) in [6.45, 7) is 3.42. The molecule has 0 bridgehead atoms. The van der Waals surface area contributed by atoms with Crippen LogP contribution in [0.25, 0.3) is 0 Å². The van der Waals surface area contributed by atoms with E-state index in [-0.39, 0.29) is 12.0 Å². The lowest BCUT2D eigenvalue weighted by Crippen LogP contribution is -2.41. The van der Waals surface area contributed by atoms with Crippen molar-refractivity contribution in [3.8, 4) is 0 Å². The molecule has 2 N–H and O–H groups in total. The molecule has 1 aliphatic rings. The second kappa shape index (κ2) is 6.66. The lowest BCUT2D eigenvalue weighted by molar-refractivity contribution is -0.0154. The first-order valence-electron chi connectivity index (χ1n) is 6.38. The Bertz CT molecular complexity index is 378. The molecule has 1 aromatic carbocycles. The van der Waals surface area contributed by atoms with E-state index in [1.54, 1.807) is 0 Å². The average Bonchev–Trinajstić information content (AvgIpc) is 2.42. The lowest BCUT2D eigenvalue weighted by atomic mass is 9.81. The summed E-state index contributed by atoms with van der Waals surface area (Å²) in [6, 6.07) is 8.21. The first-order valence-corrected chi connectivity index (χ1v) is 7.18. The van der Waals surface area contributed by atoms with E-state index in [1.807, 2.05) is 18.2 Å². The highest BCUT2D eigenvalue weighted by Gasteiger charge is 2.31. The number of hydrogen-bond donors (Lipinski definition) is 2. The van der Waals surface area contributed by atoms with Gasteiger partial charge in [0.1, 0.15) is 0 Å². The predicted octanol–water partition coefficient (Wildman–Crippen LogP) is 2.33. The van der Waals surface area contributed by atoms with Crippen molar-refractivity contribution in [3.05, 3.63) is 34.3 Å². The Hall–Kier alpha value is -0.420. The molecule has 0 atom stereocenters. The summed E-state index contributed by atoms with van der Waals surface area (Å²) in [5.74, 6) is 0. The monoisotopic (exact) mass is 313 g/mol. The second-order valence-electron chi connectivity index (χ2n) is 4.97. The molecule has 2 rings (SSSR count). The quantitative estimate of drug-likeness (QED) is 0.876. The molecule has 4 heteroatoms. The summed E-state index contributed by atoms with van der Waals surface area (Å²) < 4.78 is 6.49. The fourth-order valence-electron chi connectivity index (χ4n) is 2.30. The van der Waals surface area contributed by atoms with Gasteiger partial charge in [-0.1, -0.05) is 34.1 Å². The fraction of sp³-hybridized carbons (Fsp3) is 0.571. The number of halogens is 1. The van der Waals surface area contributed by atoms with Crippen LogP contribution in [0.4, 0.5) is 0 Å². The molecular weight excluding hydrogens is 294 g/mol. The second-order valence-corrected chi connectivity index (χ2v) is 5.82. The van der Waals surface area contributed by atoms with Crippen LogP contribution >= 0.6 is 15.9 Å². The van der Waals surface area contributed by atoms with Crippen LogP contribution in [0.3, 0.4) is 0 Å².